The Kier molecular flexibility index (Phi) is 4.40. The summed E-state index contributed by atoms with van der Waals surface area (Å²) in [5, 5.41) is 0.0120. The Hall–Kier alpha value is -0.870. The molecule has 1 heterocycles. The first kappa shape index (κ1) is 13.6. The van der Waals surface area contributed by atoms with Crippen LogP contribution in [0.3, 0.4) is 0 Å². The van der Waals surface area contributed by atoms with Crippen LogP contribution >= 0.6 is 24.0 Å². The molecule has 1 fully saturated rings. The lowest BCUT2D eigenvalue weighted by Crippen LogP contribution is -2.31. The van der Waals surface area contributed by atoms with Crippen molar-refractivity contribution in [3.8, 4) is 0 Å². The van der Waals surface area contributed by atoms with Gasteiger partial charge in [-0.15, -0.1) is 0 Å². The third-order valence-electron chi connectivity index (χ3n) is 3.00. The maximum atomic E-state index is 12.4. The van der Waals surface area contributed by atoms with E-state index in [0.29, 0.717) is 4.32 Å². The fourth-order valence-corrected chi connectivity index (χ4v) is 3.61. The van der Waals surface area contributed by atoms with Crippen LogP contribution in [0.5, 0.6) is 0 Å². The lowest BCUT2D eigenvalue weighted by Gasteiger charge is -2.16. The maximum absolute atomic E-state index is 12.4. The minimum absolute atomic E-state index is 0.0120. The Balaban J connectivity index is 2.19. The van der Waals surface area contributed by atoms with E-state index in [-0.39, 0.29) is 11.2 Å². The molecule has 1 atom stereocenters. The van der Waals surface area contributed by atoms with Crippen LogP contribution in [0.4, 0.5) is 5.69 Å². The number of thioether (sulfide) groups is 1. The van der Waals surface area contributed by atoms with Crippen LogP contribution in [0.2, 0.25) is 0 Å². The first-order chi connectivity index (χ1) is 8.63. The van der Waals surface area contributed by atoms with Crippen molar-refractivity contribution in [1.82, 2.24) is 0 Å². The molecule has 1 amide bonds. The average molecular weight is 279 g/mol. The average Bonchev–Trinajstić information content (AvgIpc) is 2.62. The van der Waals surface area contributed by atoms with Gasteiger partial charge in [0.25, 0.3) is 0 Å². The number of unbranched alkanes of at least 4 members (excludes halogenated alkanes) is 1. The van der Waals surface area contributed by atoms with E-state index in [4.69, 9.17) is 12.2 Å². The van der Waals surface area contributed by atoms with E-state index in [2.05, 4.69) is 6.92 Å². The van der Waals surface area contributed by atoms with Crippen molar-refractivity contribution in [1.29, 1.82) is 0 Å². The molecule has 0 saturated carbocycles. The lowest BCUT2D eigenvalue weighted by atomic mass is 10.1. The standard InChI is InChI=1S/C14H17NOS2/c1-3-4-8-12-13(16)15(14(17)18-12)11-7-5-6-10(2)9-11/h5-7,9,12H,3-4,8H2,1-2H3. The zero-order valence-corrected chi connectivity index (χ0v) is 12.3. The number of hydrogen-bond donors (Lipinski definition) is 0. The minimum atomic E-state index is 0.0120. The first-order valence-electron chi connectivity index (χ1n) is 6.24. The van der Waals surface area contributed by atoms with E-state index in [0.717, 1.165) is 30.5 Å². The Labute approximate surface area is 118 Å². The number of nitrogens with zero attached hydrogens (tertiary/aromatic N) is 1. The molecular weight excluding hydrogens is 262 g/mol. The topological polar surface area (TPSA) is 20.3 Å². The molecule has 0 radical (unpaired) electrons. The number of anilines is 1. The second-order valence-electron chi connectivity index (χ2n) is 4.53. The Morgan fingerprint density at radius 2 is 2.22 bits per heavy atom. The number of amides is 1. The highest BCUT2D eigenvalue weighted by molar-refractivity contribution is 8.25. The summed E-state index contributed by atoms with van der Waals surface area (Å²) < 4.78 is 0.687. The first-order valence-corrected chi connectivity index (χ1v) is 7.53. The van der Waals surface area contributed by atoms with E-state index < -0.39 is 0 Å². The molecule has 0 bridgehead atoms. The monoisotopic (exact) mass is 279 g/mol. The van der Waals surface area contributed by atoms with E-state index in [9.17, 15) is 4.79 Å². The van der Waals surface area contributed by atoms with Crippen molar-refractivity contribution in [2.24, 2.45) is 0 Å². The van der Waals surface area contributed by atoms with E-state index >= 15 is 0 Å². The molecule has 18 heavy (non-hydrogen) atoms. The molecule has 1 aromatic rings. The zero-order chi connectivity index (χ0) is 13.1. The number of benzene rings is 1. The predicted molar refractivity (Wildman–Crippen MR) is 82.2 cm³/mol. The second kappa shape index (κ2) is 5.85. The summed E-state index contributed by atoms with van der Waals surface area (Å²) in [5.74, 6) is 0.143. The minimum Gasteiger partial charge on any atom is -0.273 e. The molecular formula is C14H17NOS2. The molecule has 1 aliphatic rings. The van der Waals surface area contributed by atoms with E-state index in [1.807, 2.05) is 31.2 Å². The number of rotatable bonds is 4. The number of carbonyl (C=O) groups excluding carboxylic acids is 1. The van der Waals surface area contributed by atoms with Gasteiger partial charge in [0.05, 0.1) is 10.9 Å². The number of aryl methyl sites for hydroxylation is 1. The zero-order valence-electron chi connectivity index (χ0n) is 10.7. The summed E-state index contributed by atoms with van der Waals surface area (Å²) in [6.07, 6.45) is 3.11. The van der Waals surface area contributed by atoms with Gasteiger partial charge in [-0.3, -0.25) is 9.69 Å². The van der Waals surface area contributed by atoms with Gasteiger partial charge < -0.3 is 0 Å². The molecule has 96 valence electrons. The van der Waals surface area contributed by atoms with Crippen LogP contribution in [0, 0.1) is 6.92 Å². The van der Waals surface area contributed by atoms with Crippen LogP contribution in [0.1, 0.15) is 31.7 Å². The molecule has 0 spiro atoms. The van der Waals surface area contributed by atoms with Gasteiger partial charge in [-0.05, 0) is 31.0 Å². The van der Waals surface area contributed by atoms with Gasteiger partial charge in [0.1, 0.15) is 4.32 Å². The number of hydrogen-bond acceptors (Lipinski definition) is 3. The predicted octanol–water partition coefficient (Wildman–Crippen LogP) is 3.92. The van der Waals surface area contributed by atoms with Gasteiger partial charge in [0, 0.05) is 0 Å². The highest BCUT2D eigenvalue weighted by Crippen LogP contribution is 2.34. The summed E-state index contributed by atoms with van der Waals surface area (Å²) >= 11 is 6.87. The summed E-state index contributed by atoms with van der Waals surface area (Å²) in [4.78, 5) is 14.0. The van der Waals surface area contributed by atoms with Crippen LogP contribution in [0.25, 0.3) is 0 Å². The maximum Gasteiger partial charge on any atom is 0.246 e. The van der Waals surface area contributed by atoms with Crippen molar-refractivity contribution in [2.45, 2.75) is 38.4 Å². The highest BCUT2D eigenvalue weighted by Gasteiger charge is 2.37. The second-order valence-corrected chi connectivity index (χ2v) is 6.36. The lowest BCUT2D eigenvalue weighted by molar-refractivity contribution is -0.117. The third-order valence-corrected chi connectivity index (χ3v) is 4.58. The molecule has 1 aromatic carbocycles. The van der Waals surface area contributed by atoms with Crippen LogP contribution < -0.4 is 4.90 Å². The van der Waals surface area contributed by atoms with Crippen molar-refractivity contribution in [2.75, 3.05) is 4.90 Å². The smallest absolute Gasteiger partial charge is 0.246 e. The molecule has 1 unspecified atom stereocenters. The number of carbonyl (C=O) groups is 1. The normalized spacial score (nSPS) is 19.7. The van der Waals surface area contributed by atoms with Gasteiger partial charge in [-0.1, -0.05) is 55.9 Å². The molecule has 1 aliphatic heterocycles. The van der Waals surface area contributed by atoms with Gasteiger partial charge in [0.2, 0.25) is 5.91 Å². The molecule has 2 nitrogen and oxygen atoms in total. The molecule has 1 saturated heterocycles. The molecule has 0 aliphatic carbocycles. The van der Waals surface area contributed by atoms with Gasteiger partial charge >= 0.3 is 0 Å². The van der Waals surface area contributed by atoms with Crippen LogP contribution in [0.15, 0.2) is 24.3 Å². The fraction of sp³-hybridized carbons (Fsp3) is 0.429. The van der Waals surface area contributed by atoms with Crippen molar-refractivity contribution in [3.05, 3.63) is 29.8 Å². The van der Waals surface area contributed by atoms with E-state index in [1.54, 1.807) is 4.90 Å². The molecule has 0 N–H and O–H groups in total. The Bertz CT molecular complexity index is 473. The highest BCUT2D eigenvalue weighted by atomic mass is 32.2. The van der Waals surface area contributed by atoms with Gasteiger partial charge in [-0.2, -0.15) is 0 Å². The van der Waals surface area contributed by atoms with Gasteiger partial charge in [0.15, 0.2) is 0 Å². The van der Waals surface area contributed by atoms with Crippen LogP contribution in [-0.2, 0) is 4.79 Å². The quantitative estimate of drug-likeness (QED) is 0.779. The van der Waals surface area contributed by atoms with Crippen LogP contribution in [-0.4, -0.2) is 15.5 Å². The van der Waals surface area contributed by atoms with Crippen molar-refractivity contribution in [3.63, 3.8) is 0 Å². The summed E-state index contributed by atoms with van der Waals surface area (Å²) in [7, 11) is 0. The molecule has 0 aromatic heterocycles. The van der Waals surface area contributed by atoms with Crippen molar-refractivity contribution >= 4 is 39.9 Å². The SMILES string of the molecule is CCCCC1SC(=S)N(c2cccc(C)c2)C1=O. The molecule has 2 rings (SSSR count). The van der Waals surface area contributed by atoms with Crippen molar-refractivity contribution < 1.29 is 4.79 Å². The fourth-order valence-electron chi connectivity index (χ4n) is 2.03. The Morgan fingerprint density at radius 3 is 2.89 bits per heavy atom. The third kappa shape index (κ3) is 2.75. The summed E-state index contributed by atoms with van der Waals surface area (Å²) in [6.45, 7) is 4.16. The molecule has 4 heteroatoms. The number of thiocarbonyl (C=S) groups is 1. The van der Waals surface area contributed by atoms with Gasteiger partial charge in [-0.25, -0.2) is 0 Å². The Morgan fingerprint density at radius 1 is 1.44 bits per heavy atom. The summed E-state index contributed by atoms with van der Waals surface area (Å²) in [6, 6.07) is 7.94. The van der Waals surface area contributed by atoms with E-state index in [1.165, 1.54) is 11.8 Å². The largest absolute Gasteiger partial charge is 0.273 e. The summed E-state index contributed by atoms with van der Waals surface area (Å²) in [5.41, 5.74) is 2.04.